The quantitative estimate of drug-likeness (QED) is 0.185. The van der Waals surface area contributed by atoms with E-state index in [9.17, 15) is 9.59 Å². The van der Waals surface area contributed by atoms with Crippen LogP contribution in [0.2, 0.25) is 10.0 Å². The maximum Gasteiger partial charge on any atom is 0.193 e. The lowest BCUT2D eigenvalue weighted by molar-refractivity contribution is 0.103. The van der Waals surface area contributed by atoms with Crippen molar-refractivity contribution in [1.82, 2.24) is 0 Å². The van der Waals surface area contributed by atoms with E-state index in [1.165, 1.54) is 0 Å². The number of hydrogen-bond donors (Lipinski definition) is 0. The Labute approximate surface area is 230 Å². The fraction of sp³-hybridized carbons (Fsp3) is 0. The highest BCUT2D eigenvalue weighted by Gasteiger charge is 2.11. The van der Waals surface area contributed by atoms with E-state index in [1.54, 1.807) is 121 Å². The van der Waals surface area contributed by atoms with Crippen LogP contribution in [0.25, 0.3) is 0 Å². The number of rotatable bonds is 8. The third-order valence-corrected chi connectivity index (χ3v) is 6.17. The topological polar surface area (TPSA) is 52.6 Å². The molecule has 0 fully saturated rings. The first-order chi connectivity index (χ1) is 18.4. The van der Waals surface area contributed by atoms with Gasteiger partial charge in [0, 0.05) is 32.3 Å². The molecule has 186 valence electrons. The van der Waals surface area contributed by atoms with Crippen molar-refractivity contribution in [2.45, 2.75) is 0 Å². The van der Waals surface area contributed by atoms with Crippen molar-refractivity contribution in [3.05, 3.63) is 154 Å². The molecule has 0 aliphatic heterocycles. The Morgan fingerprint density at radius 3 is 1.05 bits per heavy atom. The summed E-state index contributed by atoms with van der Waals surface area (Å²) < 4.78 is 11.8. The average Bonchev–Trinajstić information content (AvgIpc) is 2.94. The molecule has 0 saturated heterocycles. The van der Waals surface area contributed by atoms with Crippen molar-refractivity contribution in [1.29, 1.82) is 0 Å². The molecule has 0 aliphatic rings. The normalized spacial score (nSPS) is 10.6. The van der Waals surface area contributed by atoms with Gasteiger partial charge in [-0.05, 0) is 97.1 Å². The molecule has 4 nitrogen and oxygen atoms in total. The molecule has 0 bridgehead atoms. The molecule has 0 spiro atoms. The number of carbonyl (C=O) groups is 2. The van der Waals surface area contributed by atoms with E-state index < -0.39 is 0 Å². The zero-order valence-electron chi connectivity index (χ0n) is 19.9. The zero-order chi connectivity index (χ0) is 26.5. The second-order valence-electron chi connectivity index (χ2n) is 8.40. The lowest BCUT2D eigenvalue weighted by atomic mass is 10.0. The van der Waals surface area contributed by atoms with Gasteiger partial charge in [-0.2, -0.15) is 0 Å². The molecule has 5 rings (SSSR count). The van der Waals surface area contributed by atoms with E-state index in [0.717, 1.165) is 0 Å². The number of ketones is 2. The summed E-state index contributed by atoms with van der Waals surface area (Å²) >= 11 is 12.0. The van der Waals surface area contributed by atoms with Crippen molar-refractivity contribution < 1.29 is 19.1 Å². The van der Waals surface area contributed by atoms with Gasteiger partial charge < -0.3 is 9.47 Å². The molecule has 0 N–H and O–H groups in total. The number of benzene rings is 5. The standard InChI is InChI=1S/C32H20Cl2O4/c33-25-5-1-3-23(19-25)31(35)21-7-11-27(12-8-21)37-29-15-17-30(18-16-29)38-28-13-9-22(10-14-28)32(36)24-4-2-6-26(34)20-24/h1-20H. The monoisotopic (exact) mass is 538 g/mol. The number of hydrogen-bond acceptors (Lipinski definition) is 4. The molecule has 0 amide bonds. The smallest absolute Gasteiger partial charge is 0.193 e. The van der Waals surface area contributed by atoms with Crippen LogP contribution in [-0.4, -0.2) is 11.6 Å². The van der Waals surface area contributed by atoms with Crippen LogP contribution >= 0.6 is 23.2 Å². The molecule has 0 aliphatic carbocycles. The van der Waals surface area contributed by atoms with E-state index in [2.05, 4.69) is 0 Å². The van der Waals surface area contributed by atoms with Crippen LogP contribution in [0.5, 0.6) is 23.0 Å². The van der Waals surface area contributed by atoms with E-state index in [1.807, 2.05) is 0 Å². The Balaban J connectivity index is 1.19. The molecular weight excluding hydrogens is 519 g/mol. The lowest BCUT2D eigenvalue weighted by Crippen LogP contribution is -2.01. The minimum Gasteiger partial charge on any atom is -0.457 e. The molecule has 5 aromatic carbocycles. The highest BCUT2D eigenvalue weighted by Crippen LogP contribution is 2.28. The predicted molar refractivity (Wildman–Crippen MR) is 149 cm³/mol. The zero-order valence-corrected chi connectivity index (χ0v) is 21.4. The van der Waals surface area contributed by atoms with Gasteiger partial charge in [0.25, 0.3) is 0 Å². The molecule has 6 heteroatoms. The van der Waals surface area contributed by atoms with Gasteiger partial charge in [-0.25, -0.2) is 0 Å². The minimum absolute atomic E-state index is 0.109. The van der Waals surface area contributed by atoms with Crippen LogP contribution in [0.1, 0.15) is 31.8 Å². The summed E-state index contributed by atoms with van der Waals surface area (Å²) in [6, 6.07) is 34.7. The van der Waals surface area contributed by atoms with Gasteiger partial charge in [-0.3, -0.25) is 9.59 Å². The van der Waals surface area contributed by atoms with Crippen LogP contribution in [0.3, 0.4) is 0 Å². The van der Waals surface area contributed by atoms with Gasteiger partial charge >= 0.3 is 0 Å². The first-order valence-corrected chi connectivity index (χ1v) is 12.5. The molecule has 0 atom stereocenters. The van der Waals surface area contributed by atoms with Gasteiger partial charge in [-0.1, -0.05) is 47.5 Å². The van der Waals surface area contributed by atoms with Crippen molar-refractivity contribution in [2.24, 2.45) is 0 Å². The highest BCUT2D eigenvalue weighted by molar-refractivity contribution is 6.31. The third-order valence-electron chi connectivity index (χ3n) is 5.70. The molecule has 0 heterocycles. The first-order valence-electron chi connectivity index (χ1n) is 11.7. The van der Waals surface area contributed by atoms with Crippen molar-refractivity contribution in [3.8, 4) is 23.0 Å². The molecule has 0 radical (unpaired) electrons. The van der Waals surface area contributed by atoms with Crippen LogP contribution < -0.4 is 9.47 Å². The average molecular weight is 539 g/mol. The molecule has 0 aromatic heterocycles. The van der Waals surface area contributed by atoms with Gasteiger partial charge in [0.1, 0.15) is 23.0 Å². The highest BCUT2D eigenvalue weighted by atomic mass is 35.5. The van der Waals surface area contributed by atoms with Gasteiger partial charge in [0.2, 0.25) is 0 Å². The maximum absolute atomic E-state index is 12.6. The third kappa shape index (κ3) is 6.12. The predicted octanol–water partition coefficient (Wildman–Crippen LogP) is 9.04. The summed E-state index contributed by atoms with van der Waals surface area (Å²) in [6.07, 6.45) is 0. The van der Waals surface area contributed by atoms with E-state index in [0.29, 0.717) is 55.3 Å². The molecule has 0 unspecified atom stereocenters. The maximum atomic E-state index is 12.6. The first kappa shape index (κ1) is 25.3. The minimum atomic E-state index is -0.109. The summed E-state index contributed by atoms with van der Waals surface area (Å²) in [4.78, 5) is 25.3. The Morgan fingerprint density at radius 2 is 0.737 bits per heavy atom. The van der Waals surface area contributed by atoms with Gasteiger partial charge in [-0.15, -0.1) is 0 Å². The summed E-state index contributed by atoms with van der Waals surface area (Å²) in [6.45, 7) is 0. The molecule has 38 heavy (non-hydrogen) atoms. The number of ether oxygens (including phenoxy) is 2. The lowest BCUT2D eigenvalue weighted by Gasteiger charge is -2.09. The van der Waals surface area contributed by atoms with E-state index >= 15 is 0 Å². The van der Waals surface area contributed by atoms with Crippen LogP contribution in [0.15, 0.2) is 121 Å². The molecule has 5 aromatic rings. The van der Waals surface area contributed by atoms with Crippen molar-refractivity contribution >= 4 is 34.8 Å². The SMILES string of the molecule is O=C(c1ccc(Oc2ccc(Oc3ccc(C(=O)c4cccc(Cl)c4)cc3)cc2)cc1)c1cccc(Cl)c1. The van der Waals surface area contributed by atoms with Crippen LogP contribution in [0, 0.1) is 0 Å². The Morgan fingerprint density at radius 1 is 0.421 bits per heavy atom. The Bertz CT molecular complexity index is 1470. The Hall–Kier alpha value is -4.38. The van der Waals surface area contributed by atoms with E-state index in [4.69, 9.17) is 32.7 Å². The largest absolute Gasteiger partial charge is 0.457 e. The summed E-state index contributed by atoms with van der Waals surface area (Å²) in [5.41, 5.74) is 2.15. The van der Waals surface area contributed by atoms with Crippen molar-refractivity contribution in [2.75, 3.05) is 0 Å². The van der Waals surface area contributed by atoms with Gasteiger partial charge in [0.15, 0.2) is 11.6 Å². The van der Waals surface area contributed by atoms with Crippen molar-refractivity contribution in [3.63, 3.8) is 0 Å². The summed E-state index contributed by atoms with van der Waals surface area (Å²) in [7, 11) is 0. The fourth-order valence-corrected chi connectivity index (χ4v) is 4.17. The molecule has 0 saturated carbocycles. The van der Waals surface area contributed by atoms with Gasteiger partial charge in [0.05, 0.1) is 0 Å². The second kappa shape index (κ2) is 11.3. The summed E-state index contributed by atoms with van der Waals surface area (Å²) in [5, 5.41) is 1.04. The number of halogens is 2. The fourth-order valence-electron chi connectivity index (χ4n) is 3.79. The van der Waals surface area contributed by atoms with E-state index in [-0.39, 0.29) is 11.6 Å². The van der Waals surface area contributed by atoms with Crippen LogP contribution in [0.4, 0.5) is 0 Å². The number of carbonyl (C=O) groups excluding carboxylic acids is 2. The second-order valence-corrected chi connectivity index (χ2v) is 9.28. The van der Waals surface area contributed by atoms with Crippen LogP contribution in [-0.2, 0) is 0 Å². The Kier molecular flexibility index (Phi) is 7.55. The summed E-state index contributed by atoms with van der Waals surface area (Å²) in [5.74, 6) is 2.22. The molecular formula is C32H20Cl2O4.